The number of hydrogen-bond acceptors (Lipinski definition) is 2. The van der Waals surface area contributed by atoms with Crippen LogP contribution in [0.5, 0.6) is 0 Å². The topological polar surface area (TPSA) is 57.4 Å². The lowest BCUT2D eigenvalue weighted by Gasteiger charge is -2.27. The molecule has 2 rings (SSSR count). The zero-order chi connectivity index (χ0) is 10.7. The van der Waals surface area contributed by atoms with Crippen molar-refractivity contribution in [2.75, 3.05) is 0 Å². The molecule has 0 bridgehead atoms. The monoisotopic (exact) mass is 204 g/mol. The predicted octanol–water partition coefficient (Wildman–Crippen LogP) is 2.24. The van der Waals surface area contributed by atoms with Crippen molar-refractivity contribution in [3.63, 3.8) is 0 Å². The van der Waals surface area contributed by atoms with Crippen molar-refractivity contribution in [2.45, 2.75) is 32.1 Å². The van der Waals surface area contributed by atoms with Crippen molar-refractivity contribution in [3.8, 4) is 0 Å². The van der Waals surface area contributed by atoms with Crippen LogP contribution in [-0.2, 0) is 5.41 Å². The highest BCUT2D eigenvalue weighted by atomic mass is 15.0. The van der Waals surface area contributed by atoms with E-state index in [0.717, 1.165) is 24.5 Å². The van der Waals surface area contributed by atoms with Crippen molar-refractivity contribution in [3.05, 3.63) is 36.4 Å². The second kappa shape index (κ2) is 3.88. The summed E-state index contributed by atoms with van der Waals surface area (Å²) in [7, 11) is 0. The van der Waals surface area contributed by atoms with Gasteiger partial charge in [0.15, 0.2) is 0 Å². The van der Waals surface area contributed by atoms with E-state index in [2.05, 4.69) is 33.8 Å². The number of aromatic amines is 2. The summed E-state index contributed by atoms with van der Waals surface area (Å²) in [4.78, 5) is 15.1. The lowest BCUT2D eigenvalue weighted by Crippen LogP contribution is -2.29. The van der Waals surface area contributed by atoms with E-state index >= 15 is 0 Å². The minimum atomic E-state index is -0.104. The van der Waals surface area contributed by atoms with E-state index in [1.165, 1.54) is 0 Å². The van der Waals surface area contributed by atoms with Gasteiger partial charge in [0.2, 0.25) is 0 Å². The maximum atomic E-state index is 4.37. The maximum Gasteiger partial charge on any atom is 0.119 e. The van der Waals surface area contributed by atoms with Crippen LogP contribution in [-0.4, -0.2) is 19.9 Å². The molecule has 2 N–H and O–H groups in total. The Morgan fingerprint density at radius 3 is 1.73 bits per heavy atom. The first-order valence-corrected chi connectivity index (χ1v) is 5.33. The zero-order valence-corrected chi connectivity index (χ0v) is 9.12. The molecule has 0 aromatic carbocycles. The van der Waals surface area contributed by atoms with Gasteiger partial charge in [0, 0.05) is 24.8 Å². The molecule has 0 amide bonds. The number of rotatable bonds is 4. The molecule has 0 fully saturated rings. The van der Waals surface area contributed by atoms with Crippen LogP contribution in [0.3, 0.4) is 0 Å². The minimum Gasteiger partial charge on any atom is -0.348 e. The normalized spacial score (nSPS) is 11.9. The van der Waals surface area contributed by atoms with Crippen molar-refractivity contribution >= 4 is 0 Å². The first-order chi connectivity index (χ1) is 7.33. The van der Waals surface area contributed by atoms with Gasteiger partial charge >= 0.3 is 0 Å². The number of nitrogens with zero attached hydrogens (tertiary/aromatic N) is 2. The largest absolute Gasteiger partial charge is 0.348 e. The molecular weight excluding hydrogens is 188 g/mol. The maximum absolute atomic E-state index is 4.37. The molecule has 0 saturated heterocycles. The number of nitrogens with one attached hydrogen (secondary N) is 2. The van der Waals surface area contributed by atoms with Gasteiger partial charge in [-0.2, -0.15) is 0 Å². The third-order valence-electron chi connectivity index (χ3n) is 3.11. The highest BCUT2D eigenvalue weighted by Gasteiger charge is 2.35. The van der Waals surface area contributed by atoms with Gasteiger partial charge in [-0.25, -0.2) is 9.97 Å². The second-order valence-electron chi connectivity index (χ2n) is 3.66. The van der Waals surface area contributed by atoms with Gasteiger partial charge in [0.25, 0.3) is 0 Å². The van der Waals surface area contributed by atoms with Crippen LogP contribution < -0.4 is 0 Å². The summed E-state index contributed by atoms with van der Waals surface area (Å²) in [6.07, 6.45) is 9.25. The molecule has 15 heavy (non-hydrogen) atoms. The smallest absolute Gasteiger partial charge is 0.119 e. The van der Waals surface area contributed by atoms with Gasteiger partial charge in [-0.1, -0.05) is 13.8 Å². The number of aromatic nitrogens is 4. The van der Waals surface area contributed by atoms with E-state index < -0.39 is 0 Å². The number of hydrogen-bond donors (Lipinski definition) is 2. The van der Waals surface area contributed by atoms with E-state index in [1.54, 1.807) is 12.4 Å². The van der Waals surface area contributed by atoms with Crippen molar-refractivity contribution in [1.82, 2.24) is 19.9 Å². The second-order valence-corrected chi connectivity index (χ2v) is 3.66. The van der Waals surface area contributed by atoms with E-state index in [1.807, 2.05) is 12.4 Å². The van der Waals surface area contributed by atoms with Crippen LogP contribution in [0.2, 0.25) is 0 Å². The molecule has 0 spiro atoms. The first-order valence-electron chi connectivity index (χ1n) is 5.33. The van der Waals surface area contributed by atoms with Gasteiger partial charge in [0.1, 0.15) is 11.6 Å². The Bertz CT molecular complexity index is 348. The van der Waals surface area contributed by atoms with Crippen LogP contribution in [0, 0.1) is 0 Å². The lowest BCUT2D eigenvalue weighted by atomic mass is 9.80. The van der Waals surface area contributed by atoms with Crippen LogP contribution in [0.4, 0.5) is 0 Å². The van der Waals surface area contributed by atoms with Gasteiger partial charge in [-0.05, 0) is 12.8 Å². The van der Waals surface area contributed by atoms with Gasteiger partial charge in [-0.15, -0.1) is 0 Å². The zero-order valence-electron chi connectivity index (χ0n) is 9.12. The molecule has 2 heterocycles. The molecule has 0 aliphatic rings. The molecule has 4 nitrogen and oxygen atoms in total. The summed E-state index contributed by atoms with van der Waals surface area (Å²) >= 11 is 0. The summed E-state index contributed by atoms with van der Waals surface area (Å²) in [5.41, 5.74) is -0.104. The fourth-order valence-electron chi connectivity index (χ4n) is 2.09. The Hall–Kier alpha value is -1.58. The van der Waals surface area contributed by atoms with Crippen molar-refractivity contribution in [1.29, 1.82) is 0 Å². The lowest BCUT2D eigenvalue weighted by molar-refractivity contribution is 0.430. The Morgan fingerprint density at radius 1 is 1.00 bits per heavy atom. The SMILES string of the molecule is CCC(CC)(c1ncc[nH]1)c1ncc[nH]1. The molecule has 80 valence electrons. The van der Waals surface area contributed by atoms with Gasteiger partial charge in [0.05, 0.1) is 5.41 Å². The van der Waals surface area contributed by atoms with Gasteiger partial charge in [-0.3, -0.25) is 0 Å². The summed E-state index contributed by atoms with van der Waals surface area (Å²) < 4.78 is 0. The minimum absolute atomic E-state index is 0.104. The Labute approximate surface area is 89.2 Å². The molecule has 4 heteroatoms. The molecule has 0 atom stereocenters. The fraction of sp³-hybridized carbons (Fsp3) is 0.455. The summed E-state index contributed by atoms with van der Waals surface area (Å²) in [5, 5.41) is 0. The summed E-state index contributed by atoms with van der Waals surface area (Å²) in [5.74, 6) is 1.98. The Morgan fingerprint density at radius 2 is 1.47 bits per heavy atom. The highest BCUT2D eigenvalue weighted by molar-refractivity contribution is 5.21. The van der Waals surface area contributed by atoms with Crippen molar-refractivity contribution < 1.29 is 0 Å². The van der Waals surface area contributed by atoms with Crippen LogP contribution >= 0.6 is 0 Å². The van der Waals surface area contributed by atoms with Crippen molar-refractivity contribution in [2.24, 2.45) is 0 Å². The van der Waals surface area contributed by atoms with Crippen LogP contribution in [0.15, 0.2) is 24.8 Å². The Balaban J connectivity index is 2.50. The van der Waals surface area contributed by atoms with E-state index in [4.69, 9.17) is 0 Å². The molecule has 0 radical (unpaired) electrons. The van der Waals surface area contributed by atoms with E-state index in [9.17, 15) is 0 Å². The molecule has 0 aliphatic carbocycles. The molecule has 0 aliphatic heterocycles. The summed E-state index contributed by atoms with van der Waals surface area (Å²) in [6, 6.07) is 0. The standard InChI is InChI=1S/C11H16N4/c1-3-11(4-2,9-12-5-6-13-9)10-14-7-8-15-10/h5-8H,3-4H2,1-2H3,(H,12,13)(H,14,15). The van der Waals surface area contributed by atoms with Gasteiger partial charge < -0.3 is 9.97 Å². The average molecular weight is 204 g/mol. The number of H-pyrrole nitrogens is 2. The third kappa shape index (κ3) is 1.46. The molecule has 0 unspecified atom stereocenters. The van der Waals surface area contributed by atoms with Crippen LogP contribution in [0.1, 0.15) is 38.3 Å². The van der Waals surface area contributed by atoms with E-state index in [0.29, 0.717) is 0 Å². The highest BCUT2D eigenvalue weighted by Crippen LogP contribution is 2.34. The fourth-order valence-corrected chi connectivity index (χ4v) is 2.09. The van der Waals surface area contributed by atoms with Crippen LogP contribution in [0.25, 0.3) is 0 Å². The molecule has 2 aromatic rings. The Kier molecular flexibility index (Phi) is 2.58. The third-order valence-corrected chi connectivity index (χ3v) is 3.11. The molecule has 2 aromatic heterocycles. The summed E-state index contributed by atoms with van der Waals surface area (Å²) in [6.45, 7) is 4.32. The predicted molar refractivity (Wildman–Crippen MR) is 58.5 cm³/mol. The molecular formula is C11H16N4. The quantitative estimate of drug-likeness (QED) is 0.802. The number of imidazole rings is 2. The first kappa shape index (κ1) is 9.96. The molecule has 0 saturated carbocycles. The van der Waals surface area contributed by atoms with E-state index in [-0.39, 0.29) is 5.41 Å². The average Bonchev–Trinajstić information content (AvgIpc) is 2.92.